The molecule has 14 heavy (non-hydrogen) atoms. The van der Waals surface area contributed by atoms with Gasteiger partial charge in [-0.05, 0) is 14.1 Å². The number of methoxy groups -OCH3 is 1. The van der Waals surface area contributed by atoms with Crippen molar-refractivity contribution in [1.82, 2.24) is 9.80 Å². The number of carbonyl (C=O) groups is 1. The van der Waals surface area contributed by atoms with E-state index in [2.05, 4.69) is 0 Å². The lowest BCUT2D eigenvalue weighted by Gasteiger charge is -2.22. The predicted molar refractivity (Wildman–Crippen MR) is 56.0 cm³/mol. The summed E-state index contributed by atoms with van der Waals surface area (Å²) in [6, 6.07) is -0.549. The molecule has 0 spiro atoms. The minimum absolute atomic E-state index is 0.0753. The molecule has 1 atom stereocenters. The molecule has 0 aromatic heterocycles. The number of rotatable bonds is 6. The molecule has 84 valence electrons. The topological polar surface area (TPSA) is 58.8 Å². The lowest BCUT2D eigenvalue weighted by Crippen LogP contribution is -2.46. The standard InChI is InChI=1S/C9H21N3O2/c1-11(2)5-6-12(3)9(13)8(10)7-14-4/h8H,5-7,10H2,1-4H3. The van der Waals surface area contributed by atoms with Gasteiger partial charge in [0.1, 0.15) is 6.04 Å². The fourth-order valence-electron chi connectivity index (χ4n) is 0.994. The summed E-state index contributed by atoms with van der Waals surface area (Å²) in [5.41, 5.74) is 5.61. The second-order valence-electron chi connectivity index (χ2n) is 3.62. The lowest BCUT2D eigenvalue weighted by atomic mass is 10.3. The SMILES string of the molecule is COCC(N)C(=O)N(C)CCN(C)C. The van der Waals surface area contributed by atoms with Crippen LogP contribution >= 0.6 is 0 Å². The van der Waals surface area contributed by atoms with E-state index in [0.717, 1.165) is 6.54 Å². The molecule has 0 aliphatic carbocycles. The van der Waals surface area contributed by atoms with E-state index in [4.69, 9.17) is 10.5 Å². The summed E-state index contributed by atoms with van der Waals surface area (Å²) < 4.78 is 4.82. The van der Waals surface area contributed by atoms with Crippen LogP contribution in [0, 0.1) is 0 Å². The maximum atomic E-state index is 11.5. The van der Waals surface area contributed by atoms with Crippen molar-refractivity contribution in [3.8, 4) is 0 Å². The third-order valence-corrected chi connectivity index (χ3v) is 1.92. The number of nitrogens with zero attached hydrogens (tertiary/aromatic N) is 2. The highest BCUT2D eigenvalue weighted by Gasteiger charge is 2.17. The van der Waals surface area contributed by atoms with Gasteiger partial charge in [0.15, 0.2) is 0 Å². The van der Waals surface area contributed by atoms with Crippen molar-refractivity contribution in [2.75, 3.05) is 47.9 Å². The molecule has 5 heteroatoms. The van der Waals surface area contributed by atoms with Gasteiger partial charge in [-0.15, -0.1) is 0 Å². The first-order chi connectivity index (χ1) is 6.49. The first kappa shape index (κ1) is 13.4. The molecule has 0 bridgehead atoms. The van der Waals surface area contributed by atoms with Gasteiger partial charge in [0.05, 0.1) is 6.61 Å². The Hall–Kier alpha value is -0.650. The molecule has 0 radical (unpaired) electrons. The van der Waals surface area contributed by atoms with Gasteiger partial charge in [0, 0.05) is 27.2 Å². The molecular weight excluding hydrogens is 182 g/mol. The summed E-state index contributed by atoms with van der Waals surface area (Å²) in [5, 5.41) is 0. The number of likely N-dealkylation sites (N-methyl/N-ethyl adjacent to an activating group) is 2. The number of hydrogen-bond acceptors (Lipinski definition) is 4. The van der Waals surface area contributed by atoms with Crippen LogP contribution < -0.4 is 5.73 Å². The van der Waals surface area contributed by atoms with Crippen LogP contribution in [0.3, 0.4) is 0 Å². The zero-order chi connectivity index (χ0) is 11.1. The third-order valence-electron chi connectivity index (χ3n) is 1.92. The van der Waals surface area contributed by atoms with E-state index in [1.807, 2.05) is 19.0 Å². The summed E-state index contributed by atoms with van der Waals surface area (Å²) in [6.45, 7) is 1.79. The molecule has 0 aliphatic heterocycles. The maximum Gasteiger partial charge on any atom is 0.241 e. The Bertz CT molecular complexity index is 173. The van der Waals surface area contributed by atoms with Gasteiger partial charge < -0.3 is 20.3 Å². The molecular formula is C9H21N3O2. The van der Waals surface area contributed by atoms with Crippen LogP contribution in [0.4, 0.5) is 0 Å². The van der Waals surface area contributed by atoms with Crippen molar-refractivity contribution in [3.05, 3.63) is 0 Å². The van der Waals surface area contributed by atoms with Crippen LogP contribution in [0.1, 0.15) is 0 Å². The van der Waals surface area contributed by atoms with E-state index in [0.29, 0.717) is 6.54 Å². The van der Waals surface area contributed by atoms with E-state index in [-0.39, 0.29) is 12.5 Å². The van der Waals surface area contributed by atoms with Crippen LogP contribution in [0.15, 0.2) is 0 Å². The van der Waals surface area contributed by atoms with Gasteiger partial charge >= 0.3 is 0 Å². The predicted octanol–water partition coefficient (Wildman–Crippen LogP) is -1.02. The summed E-state index contributed by atoms with van der Waals surface area (Å²) in [5.74, 6) is -0.0753. The molecule has 0 fully saturated rings. The molecule has 1 unspecified atom stereocenters. The fraction of sp³-hybridized carbons (Fsp3) is 0.889. The highest BCUT2D eigenvalue weighted by molar-refractivity contribution is 5.81. The number of carbonyl (C=O) groups excluding carboxylic acids is 1. The number of ether oxygens (including phenoxy) is 1. The van der Waals surface area contributed by atoms with Gasteiger partial charge in [-0.2, -0.15) is 0 Å². The molecule has 0 heterocycles. The second kappa shape index (κ2) is 6.75. The van der Waals surface area contributed by atoms with Crippen molar-refractivity contribution >= 4 is 5.91 Å². The Morgan fingerprint density at radius 1 is 1.36 bits per heavy atom. The quantitative estimate of drug-likeness (QED) is 0.600. The van der Waals surface area contributed by atoms with Gasteiger partial charge in [-0.3, -0.25) is 4.79 Å². The van der Waals surface area contributed by atoms with Crippen molar-refractivity contribution in [2.45, 2.75) is 6.04 Å². The van der Waals surface area contributed by atoms with Crippen LogP contribution in [0.2, 0.25) is 0 Å². The minimum Gasteiger partial charge on any atom is -0.383 e. The zero-order valence-electron chi connectivity index (χ0n) is 9.49. The monoisotopic (exact) mass is 203 g/mol. The van der Waals surface area contributed by atoms with E-state index in [1.165, 1.54) is 7.11 Å². The van der Waals surface area contributed by atoms with Crippen molar-refractivity contribution in [1.29, 1.82) is 0 Å². The van der Waals surface area contributed by atoms with Crippen molar-refractivity contribution in [2.24, 2.45) is 5.73 Å². The molecule has 0 aliphatic rings. The minimum atomic E-state index is -0.549. The maximum absolute atomic E-state index is 11.5. The number of hydrogen-bond donors (Lipinski definition) is 1. The van der Waals surface area contributed by atoms with Gasteiger partial charge in [-0.25, -0.2) is 0 Å². The molecule has 0 aromatic rings. The number of nitrogens with two attached hydrogens (primary N) is 1. The lowest BCUT2D eigenvalue weighted by molar-refractivity contribution is -0.132. The molecule has 0 saturated carbocycles. The molecule has 2 N–H and O–H groups in total. The smallest absolute Gasteiger partial charge is 0.241 e. The Kier molecular flexibility index (Phi) is 6.44. The van der Waals surface area contributed by atoms with E-state index >= 15 is 0 Å². The van der Waals surface area contributed by atoms with E-state index in [9.17, 15) is 4.79 Å². The molecule has 0 rings (SSSR count). The largest absolute Gasteiger partial charge is 0.383 e. The van der Waals surface area contributed by atoms with Crippen LogP contribution in [-0.2, 0) is 9.53 Å². The Morgan fingerprint density at radius 2 is 1.93 bits per heavy atom. The Morgan fingerprint density at radius 3 is 2.36 bits per heavy atom. The fourth-order valence-corrected chi connectivity index (χ4v) is 0.994. The highest BCUT2D eigenvalue weighted by Crippen LogP contribution is 1.91. The third kappa shape index (κ3) is 5.16. The van der Waals surface area contributed by atoms with E-state index in [1.54, 1.807) is 11.9 Å². The summed E-state index contributed by atoms with van der Waals surface area (Å²) in [4.78, 5) is 15.2. The van der Waals surface area contributed by atoms with Crippen molar-refractivity contribution < 1.29 is 9.53 Å². The van der Waals surface area contributed by atoms with Gasteiger partial charge in [0.25, 0.3) is 0 Å². The first-order valence-corrected chi connectivity index (χ1v) is 4.63. The average Bonchev–Trinajstić information content (AvgIpc) is 2.13. The zero-order valence-corrected chi connectivity index (χ0v) is 9.49. The van der Waals surface area contributed by atoms with Crippen LogP contribution in [-0.4, -0.2) is 69.7 Å². The van der Waals surface area contributed by atoms with Gasteiger partial charge in [-0.1, -0.05) is 0 Å². The average molecular weight is 203 g/mol. The summed E-state index contributed by atoms with van der Waals surface area (Å²) in [7, 11) is 7.22. The molecule has 1 amide bonds. The van der Waals surface area contributed by atoms with Crippen LogP contribution in [0.5, 0.6) is 0 Å². The second-order valence-corrected chi connectivity index (χ2v) is 3.62. The highest BCUT2D eigenvalue weighted by atomic mass is 16.5. The van der Waals surface area contributed by atoms with Gasteiger partial charge in [0.2, 0.25) is 5.91 Å². The first-order valence-electron chi connectivity index (χ1n) is 4.63. The summed E-state index contributed by atoms with van der Waals surface area (Å²) >= 11 is 0. The number of amides is 1. The molecule has 5 nitrogen and oxygen atoms in total. The summed E-state index contributed by atoms with van der Waals surface area (Å²) in [6.07, 6.45) is 0. The molecule has 0 saturated heterocycles. The normalized spacial score (nSPS) is 13.0. The molecule has 0 aromatic carbocycles. The Balaban J connectivity index is 3.86. The van der Waals surface area contributed by atoms with Crippen molar-refractivity contribution in [3.63, 3.8) is 0 Å². The van der Waals surface area contributed by atoms with Crippen LogP contribution in [0.25, 0.3) is 0 Å². The van der Waals surface area contributed by atoms with E-state index < -0.39 is 6.04 Å². The Labute approximate surface area is 85.8 Å².